The standard InChI is InChI=1S/C18H22BrNS/c1-3-4-5-6-7-16-8-9-17(21-16)10-11-18-14(2)12-15(19)13-20-18/h8-13H,3-7H2,1-2H3/b11-10+. The molecule has 0 atom stereocenters. The summed E-state index contributed by atoms with van der Waals surface area (Å²) in [5, 5.41) is 0. The van der Waals surface area contributed by atoms with Crippen molar-refractivity contribution in [1.29, 1.82) is 0 Å². The van der Waals surface area contributed by atoms with Crippen LogP contribution in [0.4, 0.5) is 0 Å². The predicted molar refractivity (Wildman–Crippen MR) is 97.8 cm³/mol. The van der Waals surface area contributed by atoms with Gasteiger partial charge < -0.3 is 0 Å². The fourth-order valence-corrected chi connectivity index (χ4v) is 3.63. The largest absolute Gasteiger partial charge is 0.255 e. The van der Waals surface area contributed by atoms with Crippen molar-refractivity contribution >= 4 is 39.4 Å². The van der Waals surface area contributed by atoms with Crippen LogP contribution in [0.5, 0.6) is 0 Å². The summed E-state index contributed by atoms with van der Waals surface area (Å²) >= 11 is 5.34. The van der Waals surface area contributed by atoms with Crippen molar-refractivity contribution in [2.45, 2.75) is 46.0 Å². The third kappa shape index (κ3) is 5.40. The Morgan fingerprint density at radius 2 is 2.05 bits per heavy atom. The molecule has 2 aromatic rings. The van der Waals surface area contributed by atoms with Gasteiger partial charge in [-0.2, -0.15) is 0 Å². The second-order valence-corrected chi connectivity index (χ2v) is 7.42. The van der Waals surface area contributed by atoms with E-state index in [2.05, 4.69) is 65.1 Å². The van der Waals surface area contributed by atoms with E-state index in [-0.39, 0.29) is 0 Å². The van der Waals surface area contributed by atoms with Crippen molar-refractivity contribution in [3.8, 4) is 0 Å². The van der Waals surface area contributed by atoms with E-state index in [4.69, 9.17) is 0 Å². The smallest absolute Gasteiger partial charge is 0.0660 e. The number of aryl methyl sites for hydroxylation is 2. The molecule has 0 bridgehead atoms. The lowest BCUT2D eigenvalue weighted by Crippen LogP contribution is -1.85. The van der Waals surface area contributed by atoms with Gasteiger partial charge in [0.2, 0.25) is 0 Å². The zero-order valence-electron chi connectivity index (χ0n) is 12.7. The zero-order valence-corrected chi connectivity index (χ0v) is 15.1. The molecule has 2 aromatic heterocycles. The summed E-state index contributed by atoms with van der Waals surface area (Å²) in [6.07, 6.45) is 12.7. The van der Waals surface area contributed by atoms with E-state index in [1.165, 1.54) is 47.4 Å². The first-order valence-electron chi connectivity index (χ1n) is 7.58. The van der Waals surface area contributed by atoms with E-state index in [0.717, 1.165) is 10.2 Å². The summed E-state index contributed by atoms with van der Waals surface area (Å²) in [6, 6.07) is 6.57. The van der Waals surface area contributed by atoms with Crippen LogP contribution in [-0.4, -0.2) is 4.98 Å². The lowest BCUT2D eigenvalue weighted by atomic mass is 10.1. The topological polar surface area (TPSA) is 12.9 Å². The number of rotatable bonds is 7. The highest BCUT2D eigenvalue weighted by Gasteiger charge is 2.00. The van der Waals surface area contributed by atoms with E-state index in [9.17, 15) is 0 Å². The molecule has 0 amide bonds. The molecule has 0 fully saturated rings. The van der Waals surface area contributed by atoms with Gasteiger partial charge in [0.25, 0.3) is 0 Å². The molecule has 0 radical (unpaired) electrons. The van der Waals surface area contributed by atoms with Crippen molar-refractivity contribution in [2.75, 3.05) is 0 Å². The Hall–Kier alpha value is -0.930. The van der Waals surface area contributed by atoms with Gasteiger partial charge in [0.15, 0.2) is 0 Å². The number of hydrogen-bond donors (Lipinski definition) is 0. The summed E-state index contributed by atoms with van der Waals surface area (Å²) in [5.41, 5.74) is 2.23. The van der Waals surface area contributed by atoms with Crippen LogP contribution in [0.15, 0.2) is 28.9 Å². The number of thiophene rings is 1. The Kier molecular flexibility index (Phi) is 6.65. The minimum Gasteiger partial charge on any atom is -0.255 e. The minimum atomic E-state index is 1.03. The molecule has 0 unspecified atom stereocenters. The third-order valence-corrected chi connectivity index (χ3v) is 4.99. The fourth-order valence-electron chi connectivity index (χ4n) is 2.23. The van der Waals surface area contributed by atoms with Crippen molar-refractivity contribution in [3.05, 3.63) is 49.9 Å². The van der Waals surface area contributed by atoms with E-state index in [0.29, 0.717) is 0 Å². The summed E-state index contributed by atoms with van der Waals surface area (Å²) < 4.78 is 1.03. The highest BCUT2D eigenvalue weighted by molar-refractivity contribution is 9.10. The quantitative estimate of drug-likeness (QED) is 0.511. The van der Waals surface area contributed by atoms with E-state index in [1.807, 2.05) is 17.5 Å². The lowest BCUT2D eigenvalue weighted by molar-refractivity contribution is 0.670. The lowest BCUT2D eigenvalue weighted by Gasteiger charge is -1.99. The average molecular weight is 364 g/mol. The van der Waals surface area contributed by atoms with Crippen LogP contribution >= 0.6 is 27.3 Å². The maximum Gasteiger partial charge on any atom is 0.0660 e. The van der Waals surface area contributed by atoms with Gasteiger partial charge in [-0.05, 0) is 71.6 Å². The molecule has 0 aliphatic carbocycles. The Balaban J connectivity index is 1.93. The third-order valence-electron chi connectivity index (χ3n) is 3.45. The number of halogens is 1. The molecule has 0 spiro atoms. The molecular weight excluding hydrogens is 342 g/mol. The van der Waals surface area contributed by atoms with Crippen LogP contribution in [0, 0.1) is 6.92 Å². The number of hydrogen-bond acceptors (Lipinski definition) is 2. The molecule has 0 aliphatic heterocycles. The molecule has 0 saturated heterocycles. The van der Waals surface area contributed by atoms with Gasteiger partial charge in [-0.25, -0.2) is 0 Å². The second-order valence-electron chi connectivity index (χ2n) is 5.30. The SMILES string of the molecule is CCCCCCc1ccc(/C=C/c2ncc(Br)cc2C)s1. The summed E-state index contributed by atoms with van der Waals surface area (Å²) in [4.78, 5) is 7.24. The minimum absolute atomic E-state index is 1.03. The van der Waals surface area contributed by atoms with E-state index < -0.39 is 0 Å². The van der Waals surface area contributed by atoms with Crippen LogP contribution in [0.3, 0.4) is 0 Å². The summed E-state index contributed by atoms with van der Waals surface area (Å²) in [7, 11) is 0. The first-order chi connectivity index (χ1) is 10.2. The molecular formula is C18H22BrNS. The number of nitrogens with zero attached hydrogens (tertiary/aromatic N) is 1. The highest BCUT2D eigenvalue weighted by Crippen LogP contribution is 2.22. The highest BCUT2D eigenvalue weighted by atomic mass is 79.9. The average Bonchev–Trinajstić information content (AvgIpc) is 2.91. The van der Waals surface area contributed by atoms with E-state index in [1.54, 1.807) is 0 Å². The summed E-state index contributed by atoms with van der Waals surface area (Å²) in [6.45, 7) is 4.34. The van der Waals surface area contributed by atoms with Gasteiger partial charge in [-0.3, -0.25) is 4.98 Å². The first kappa shape index (κ1) is 16.4. The predicted octanol–water partition coefficient (Wildman–Crippen LogP) is 6.51. The second kappa shape index (κ2) is 8.50. The maximum absolute atomic E-state index is 4.44. The Morgan fingerprint density at radius 3 is 2.81 bits per heavy atom. The molecule has 112 valence electrons. The fraction of sp³-hybridized carbons (Fsp3) is 0.389. The van der Waals surface area contributed by atoms with Crippen LogP contribution < -0.4 is 0 Å². The molecule has 0 aliphatic rings. The molecule has 0 saturated carbocycles. The molecule has 0 N–H and O–H groups in total. The number of pyridine rings is 1. The molecule has 1 nitrogen and oxygen atoms in total. The van der Waals surface area contributed by atoms with Gasteiger partial charge in [0.05, 0.1) is 5.69 Å². The van der Waals surface area contributed by atoms with Crippen molar-refractivity contribution in [2.24, 2.45) is 0 Å². The van der Waals surface area contributed by atoms with Gasteiger partial charge in [-0.15, -0.1) is 11.3 Å². The van der Waals surface area contributed by atoms with E-state index >= 15 is 0 Å². The molecule has 2 heterocycles. The van der Waals surface area contributed by atoms with Crippen molar-refractivity contribution in [3.63, 3.8) is 0 Å². The molecule has 3 heteroatoms. The van der Waals surface area contributed by atoms with Crippen LogP contribution in [-0.2, 0) is 6.42 Å². The normalized spacial score (nSPS) is 11.4. The Labute approximate surface area is 140 Å². The monoisotopic (exact) mass is 363 g/mol. The Morgan fingerprint density at radius 1 is 1.19 bits per heavy atom. The van der Waals surface area contributed by atoms with Crippen LogP contribution in [0.2, 0.25) is 0 Å². The van der Waals surface area contributed by atoms with Gasteiger partial charge in [0.1, 0.15) is 0 Å². The molecule has 21 heavy (non-hydrogen) atoms. The molecule has 0 aromatic carbocycles. The van der Waals surface area contributed by atoms with Gasteiger partial charge in [-0.1, -0.05) is 26.2 Å². The number of aromatic nitrogens is 1. The van der Waals surface area contributed by atoms with Gasteiger partial charge in [0, 0.05) is 20.4 Å². The molecule has 2 rings (SSSR count). The van der Waals surface area contributed by atoms with Gasteiger partial charge >= 0.3 is 0 Å². The zero-order chi connectivity index (χ0) is 15.1. The van der Waals surface area contributed by atoms with Crippen LogP contribution in [0.25, 0.3) is 12.2 Å². The number of unbranched alkanes of at least 4 members (excludes halogenated alkanes) is 3. The van der Waals surface area contributed by atoms with Crippen LogP contribution in [0.1, 0.15) is 53.6 Å². The summed E-state index contributed by atoms with van der Waals surface area (Å²) in [5.74, 6) is 0. The van der Waals surface area contributed by atoms with Crippen molar-refractivity contribution < 1.29 is 0 Å². The first-order valence-corrected chi connectivity index (χ1v) is 9.19. The maximum atomic E-state index is 4.44. The Bertz CT molecular complexity index is 601. The van der Waals surface area contributed by atoms with Crippen molar-refractivity contribution in [1.82, 2.24) is 4.98 Å².